The first-order valence-corrected chi connectivity index (χ1v) is 15.8. The molecule has 8 nitrogen and oxygen atoms in total. The van der Waals surface area contributed by atoms with Crippen molar-refractivity contribution in [1.29, 1.82) is 0 Å². The molecule has 0 saturated carbocycles. The highest BCUT2D eigenvalue weighted by Crippen LogP contribution is 2.34. The van der Waals surface area contributed by atoms with E-state index in [9.17, 15) is 4.79 Å². The van der Waals surface area contributed by atoms with Crippen molar-refractivity contribution in [1.82, 2.24) is 35.5 Å². The van der Waals surface area contributed by atoms with E-state index in [1.165, 1.54) is 6.42 Å². The van der Waals surface area contributed by atoms with E-state index in [0.29, 0.717) is 6.04 Å². The first-order valence-electron chi connectivity index (χ1n) is 15.8. The van der Waals surface area contributed by atoms with Crippen LogP contribution in [-0.2, 0) is 4.79 Å². The molecule has 8 heteroatoms. The highest BCUT2D eigenvalue weighted by molar-refractivity contribution is 5.84. The predicted octanol–water partition coefficient (Wildman–Crippen LogP) is 6.57. The number of hydrogen-bond donors (Lipinski definition) is 4. The van der Waals surface area contributed by atoms with E-state index in [-0.39, 0.29) is 18.0 Å². The fraction of sp³-hybridized carbons (Fsp3) is 0.306. The Kier molecular flexibility index (Phi) is 8.09. The van der Waals surface area contributed by atoms with Gasteiger partial charge < -0.3 is 25.5 Å². The van der Waals surface area contributed by atoms with Crippen molar-refractivity contribution in [2.45, 2.75) is 50.7 Å². The summed E-state index contributed by atoms with van der Waals surface area (Å²) in [5, 5.41) is 6.89. The number of benzene rings is 3. The minimum atomic E-state index is -0.357. The molecule has 4 N–H and O–H groups in total. The predicted molar refractivity (Wildman–Crippen MR) is 174 cm³/mol. The fourth-order valence-corrected chi connectivity index (χ4v) is 6.59. The zero-order valence-electron chi connectivity index (χ0n) is 25.1. The summed E-state index contributed by atoms with van der Waals surface area (Å²) in [6.45, 7) is 4.55. The summed E-state index contributed by atoms with van der Waals surface area (Å²) in [6.07, 6.45) is 8.02. The van der Waals surface area contributed by atoms with E-state index in [1.807, 2.05) is 54.5 Å². The number of nitrogens with zero attached hydrogens (tertiary/aromatic N) is 3. The van der Waals surface area contributed by atoms with Crippen LogP contribution < -0.4 is 10.6 Å². The summed E-state index contributed by atoms with van der Waals surface area (Å²) in [4.78, 5) is 32.1. The molecule has 2 aliphatic heterocycles. The number of carbonyl (C=O) groups is 1. The molecule has 0 aliphatic carbocycles. The van der Waals surface area contributed by atoms with Gasteiger partial charge in [0.25, 0.3) is 0 Å². The van der Waals surface area contributed by atoms with Crippen LogP contribution in [-0.4, -0.2) is 50.4 Å². The first kappa shape index (κ1) is 28.3. The van der Waals surface area contributed by atoms with Crippen molar-refractivity contribution in [3.05, 3.63) is 108 Å². The number of nitrogens with one attached hydrogen (secondary N) is 4. The Morgan fingerprint density at radius 1 is 0.818 bits per heavy atom. The van der Waals surface area contributed by atoms with E-state index in [2.05, 4.69) is 74.1 Å². The zero-order valence-corrected chi connectivity index (χ0v) is 25.1. The molecule has 2 aromatic heterocycles. The molecule has 0 bridgehead atoms. The average molecular weight is 586 g/mol. The zero-order chi connectivity index (χ0) is 29.9. The Bertz CT molecular complexity index is 1680. The van der Waals surface area contributed by atoms with Gasteiger partial charge in [-0.25, -0.2) is 9.97 Å². The number of hydrogen-bond acceptors (Lipinski definition) is 5. The van der Waals surface area contributed by atoms with Gasteiger partial charge in [0.05, 0.1) is 35.9 Å². The summed E-state index contributed by atoms with van der Waals surface area (Å²) < 4.78 is 0. The Balaban J connectivity index is 1.04. The standard InChI is InChI=1S/C36H39N7O/c1-2-37-33(28-8-4-3-5-9-28)36(44)43-21-7-11-32(43)35-40-23-31(42-35)27-18-14-25(15-19-27)24-12-16-26(17-13-24)30-22-39-34(41-30)29-10-6-20-38-29/h3-5,8-9,12-19,22-23,29,32-33,37-38H,2,6-7,10-11,20-21H2,1H3,(H,39,41)(H,40,42)/t29-,32-,33+/m0/s1. The summed E-state index contributed by atoms with van der Waals surface area (Å²) in [5.41, 5.74) is 7.52. The van der Waals surface area contributed by atoms with Crippen molar-refractivity contribution in [2.75, 3.05) is 19.6 Å². The van der Waals surface area contributed by atoms with E-state index in [1.54, 1.807) is 0 Å². The van der Waals surface area contributed by atoms with Crippen LogP contribution >= 0.6 is 0 Å². The maximum absolute atomic E-state index is 13.7. The smallest absolute Gasteiger partial charge is 0.244 e. The second-order valence-electron chi connectivity index (χ2n) is 11.8. The molecular weight excluding hydrogens is 546 g/mol. The lowest BCUT2D eigenvalue weighted by Gasteiger charge is -2.28. The minimum Gasteiger partial charge on any atom is -0.341 e. The molecule has 44 heavy (non-hydrogen) atoms. The second kappa shape index (κ2) is 12.6. The summed E-state index contributed by atoms with van der Waals surface area (Å²) in [7, 11) is 0. The van der Waals surface area contributed by atoms with Crippen LogP contribution in [0.25, 0.3) is 33.6 Å². The van der Waals surface area contributed by atoms with Crippen LogP contribution in [0.5, 0.6) is 0 Å². The Labute approximate surface area is 258 Å². The highest BCUT2D eigenvalue weighted by atomic mass is 16.2. The molecule has 224 valence electrons. The van der Waals surface area contributed by atoms with E-state index in [4.69, 9.17) is 4.98 Å². The maximum Gasteiger partial charge on any atom is 0.244 e. The van der Waals surface area contributed by atoms with E-state index >= 15 is 0 Å². The lowest BCUT2D eigenvalue weighted by Crippen LogP contribution is -2.40. The van der Waals surface area contributed by atoms with Gasteiger partial charge in [-0.1, -0.05) is 85.8 Å². The van der Waals surface area contributed by atoms with Crippen molar-refractivity contribution >= 4 is 5.91 Å². The maximum atomic E-state index is 13.7. The SMILES string of the molecule is CCN[C@@H](C(=O)N1CCC[C@H]1c1ncc(-c2ccc(-c3ccc(-c4cnc([C@@H]5CCCN5)[nH]4)cc3)cc2)[nH]1)c1ccccc1. The molecule has 0 radical (unpaired) electrons. The molecule has 0 spiro atoms. The molecular formula is C36H39N7O. The van der Waals surface area contributed by atoms with Gasteiger partial charge in [0, 0.05) is 6.54 Å². The van der Waals surface area contributed by atoms with Gasteiger partial charge in [-0.15, -0.1) is 0 Å². The first-order chi connectivity index (χ1) is 21.7. The summed E-state index contributed by atoms with van der Waals surface area (Å²) in [6, 6.07) is 27.1. The average Bonchev–Trinajstić information content (AvgIpc) is 3.91. The Morgan fingerprint density at radius 2 is 1.43 bits per heavy atom. The van der Waals surface area contributed by atoms with E-state index < -0.39 is 0 Å². The van der Waals surface area contributed by atoms with Crippen molar-refractivity contribution < 1.29 is 4.79 Å². The molecule has 3 aromatic carbocycles. The topological polar surface area (TPSA) is 102 Å². The van der Waals surface area contributed by atoms with Crippen LogP contribution in [0, 0.1) is 0 Å². The minimum absolute atomic E-state index is 0.0562. The van der Waals surface area contributed by atoms with Crippen LogP contribution in [0.15, 0.2) is 91.3 Å². The van der Waals surface area contributed by atoms with Gasteiger partial charge in [0.1, 0.15) is 17.7 Å². The van der Waals surface area contributed by atoms with Crippen LogP contribution in [0.3, 0.4) is 0 Å². The Hall–Kier alpha value is -4.53. The third-order valence-corrected chi connectivity index (χ3v) is 8.95. The number of aromatic nitrogens is 4. The molecule has 0 unspecified atom stereocenters. The number of H-pyrrole nitrogens is 2. The van der Waals surface area contributed by atoms with E-state index in [0.717, 1.165) is 89.8 Å². The number of aromatic amines is 2. The van der Waals surface area contributed by atoms with Gasteiger partial charge in [0.15, 0.2) is 0 Å². The third-order valence-electron chi connectivity index (χ3n) is 8.95. The van der Waals surface area contributed by atoms with Crippen LogP contribution in [0.4, 0.5) is 0 Å². The number of amides is 1. The third kappa shape index (κ3) is 5.70. The molecule has 1 amide bonds. The largest absolute Gasteiger partial charge is 0.341 e. The van der Waals surface area contributed by atoms with Gasteiger partial charge in [-0.05, 0) is 66.6 Å². The van der Waals surface area contributed by atoms with Crippen molar-refractivity contribution in [3.8, 4) is 33.6 Å². The molecule has 2 saturated heterocycles. The molecule has 7 rings (SSSR count). The van der Waals surface area contributed by atoms with Crippen molar-refractivity contribution in [2.24, 2.45) is 0 Å². The number of carbonyl (C=O) groups excluding carboxylic acids is 1. The number of likely N-dealkylation sites (tertiary alicyclic amines) is 1. The molecule has 5 aromatic rings. The number of likely N-dealkylation sites (N-methyl/N-ethyl adjacent to an activating group) is 1. The van der Waals surface area contributed by atoms with Crippen LogP contribution in [0.2, 0.25) is 0 Å². The molecule has 4 heterocycles. The molecule has 2 aliphatic rings. The Morgan fingerprint density at radius 3 is 2.05 bits per heavy atom. The number of rotatable bonds is 9. The van der Waals surface area contributed by atoms with Crippen molar-refractivity contribution in [3.63, 3.8) is 0 Å². The number of imidazole rings is 2. The van der Waals surface area contributed by atoms with Gasteiger partial charge in [0.2, 0.25) is 5.91 Å². The lowest BCUT2D eigenvalue weighted by atomic mass is 10.0. The normalized spacial score (nSPS) is 19.0. The molecule has 2 fully saturated rings. The molecule has 3 atom stereocenters. The quantitative estimate of drug-likeness (QED) is 0.157. The fourth-order valence-electron chi connectivity index (χ4n) is 6.59. The summed E-state index contributed by atoms with van der Waals surface area (Å²) >= 11 is 0. The summed E-state index contributed by atoms with van der Waals surface area (Å²) in [5.74, 6) is 1.98. The van der Waals surface area contributed by atoms with Gasteiger partial charge >= 0.3 is 0 Å². The van der Waals surface area contributed by atoms with Gasteiger partial charge in [-0.3, -0.25) is 4.79 Å². The van der Waals surface area contributed by atoms with Crippen LogP contribution in [0.1, 0.15) is 67.9 Å². The second-order valence-corrected chi connectivity index (χ2v) is 11.8. The van der Waals surface area contributed by atoms with Gasteiger partial charge in [-0.2, -0.15) is 0 Å². The monoisotopic (exact) mass is 585 g/mol. The lowest BCUT2D eigenvalue weighted by molar-refractivity contribution is -0.134. The highest BCUT2D eigenvalue weighted by Gasteiger charge is 2.36.